The lowest BCUT2D eigenvalue weighted by Crippen LogP contribution is -2.29. The molecule has 0 unspecified atom stereocenters. The Labute approximate surface area is 121 Å². The summed E-state index contributed by atoms with van der Waals surface area (Å²) in [6.45, 7) is 6.70. The summed E-state index contributed by atoms with van der Waals surface area (Å²) >= 11 is 9.56. The van der Waals surface area contributed by atoms with Gasteiger partial charge in [-0.15, -0.1) is 11.6 Å². The molecule has 2 aromatic rings. The van der Waals surface area contributed by atoms with Crippen molar-refractivity contribution in [3.63, 3.8) is 0 Å². The molecule has 0 fully saturated rings. The molecule has 0 spiro atoms. The topological polar surface area (TPSA) is 17.8 Å². The van der Waals surface area contributed by atoms with Crippen molar-refractivity contribution < 1.29 is 0 Å². The first-order chi connectivity index (χ1) is 8.55. The van der Waals surface area contributed by atoms with E-state index in [-0.39, 0.29) is 5.54 Å². The first-order valence-electron chi connectivity index (χ1n) is 6.29. The van der Waals surface area contributed by atoms with E-state index in [0.717, 1.165) is 28.7 Å². The fourth-order valence-electron chi connectivity index (χ4n) is 2.36. The molecule has 0 aliphatic rings. The van der Waals surface area contributed by atoms with Gasteiger partial charge in [-0.05, 0) is 38.0 Å². The average molecular weight is 330 g/mol. The molecule has 0 aliphatic heterocycles. The zero-order chi connectivity index (χ0) is 13.3. The van der Waals surface area contributed by atoms with Gasteiger partial charge in [0.2, 0.25) is 0 Å². The van der Waals surface area contributed by atoms with E-state index in [1.165, 1.54) is 5.52 Å². The molecule has 4 heteroatoms. The van der Waals surface area contributed by atoms with E-state index < -0.39 is 0 Å². The monoisotopic (exact) mass is 328 g/mol. The smallest absolute Gasteiger partial charge is 0.125 e. The lowest BCUT2D eigenvalue weighted by atomic mass is 9.94. The molecule has 0 aliphatic carbocycles. The lowest BCUT2D eigenvalue weighted by molar-refractivity contribution is 0.296. The number of imidazole rings is 1. The van der Waals surface area contributed by atoms with Gasteiger partial charge < -0.3 is 4.57 Å². The molecule has 0 atom stereocenters. The standard InChI is InChI=1S/C14H18BrClN2/c1-4-14(3,5-2)18-12-7-6-10(15)8-11(12)17-13(18)9-16/h6-8H,4-5,9H2,1-3H3. The molecule has 18 heavy (non-hydrogen) atoms. The molecule has 2 rings (SSSR count). The molecule has 0 saturated heterocycles. The van der Waals surface area contributed by atoms with Crippen LogP contribution in [0.15, 0.2) is 22.7 Å². The Balaban J connectivity index is 2.75. The van der Waals surface area contributed by atoms with Crippen molar-refractivity contribution in [3.8, 4) is 0 Å². The maximum absolute atomic E-state index is 6.07. The highest BCUT2D eigenvalue weighted by atomic mass is 79.9. The number of halogens is 2. The van der Waals surface area contributed by atoms with E-state index in [4.69, 9.17) is 11.6 Å². The molecule has 0 saturated carbocycles. The molecular formula is C14H18BrClN2. The predicted molar refractivity (Wildman–Crippen MR) is 81.2 cm³/mol. The van der Waals surface area contributed by atoms with Crippen LogP contribution in [0, 0.1) is 0 Å². The fraction of sp³-hybridized carbons (Fsp3) is 0.500. The van der Waals surface area contributed by atoms with Gasteiger partial charge >= 0.3 is 0 Å². The second-order valence-corrected chi connectivity index (χ2v) is 6.02. The second-order valence-electron chi connectivity index (χ2n) is 4.83. The zero-order valence-electron chi connectivity index (χ0n) is 11.0. The number of nitrogens with zero attached hydrogens (tertiary/aromatic N) is 2. The van der Waals surface area contributed by atoms with Gasteiger partial charge in [0.05, 0.1) is 16.9 Å². The molecule has 1 heterocycles. The lowest BCUT2D eigenvalue weighted by Gasteiger charge is -2.31. The molecule has 1 aromatic carbocycles. The van der Waals surface area contributed by atoms with E-state index in [2.05, 4.69) is 58.4 Å². The molecule has 98 valence electrons. The Kier molecular flexibility index (Phi) is 4.02. The van der Waals surface area contributed by atoms with Gasteiger partial charge in [0, 0.05) is 10.0 Å². The number of rotatable bonds is 4. The third-order valence-electron chi connectivity index (χ3n) is 3.87. The predicted octanol–water partition coefficient (Wildman–Crippen LogP) is 5.07. The highest BCUT2D eigenvalue weighted by molar-refractivity contribution is 9.10. The van der Waals surface area contributed by atoms with Crippen LogP contribution in [0.3, 0.4) is 0 Å². The molecule has 2 nitrogen and oxygen atoms in total. The molecule has 0 N–H and O–H groups in total. The number of hydrogen-bond donors (Lipinski definition) is 0. The van der Waals surface area contributed by atoms with Crippen LogP contribution >= 0.6 is 27.5 Å². The van der Waals surface area contributed by atoms with Crippen molar-refractivity contribution in [3.05, 3.63) is 28.5 Å². The molecule has 0 bridgehead atoms. The van der Waals surface area contributed by atoms with Crippen molar-refractivity contribution in [2.24, 2.45) is 0 Å². The first kappa shape index (κ1) is 13.9. The maximum atomic E-state index is 6.07. The Morgan fingerprint density at radius 2 is 2.00 bits per heavy atom. The van der Waals surface area contributed by atoms with Crippen molar-refractivity contribution >= 4 is 38.6 Å². The number of benzene rings is 1. The Bertz CT molecular complexity index is 558. The molecular weight excluding hydrogens is 312 g/mol. The SMILES string of the molecule is CCC(C)(CC)n1c(CCl)nc2cc(Br)ccc21. The van der Waals surface area contributed by atoms with Crippen LogP contribution in [0.4, 0.5) is 0 Å². The summed E-state index contributed by atoms with van der Waals surface area (Å²) < 4.78 is 3.36. The summed E-state index contributed by atoms with van der Waals surface area (Å²) in [5.41, 5.74) is 2.25. The van der Waals surface area contributed by atoms with Crippen molar-refractivity contribution in [2.45, 2.75) is 45.0 Å². The Hall–Kier alpha value is -0.540. The van der Waals surface area contributed by atoms with Crippen LogP contribution in [0.1, 0.15) is 39.4 Å². The second kappa shape index (κ2) is 5.22. The van der Waals surface area contributed by atoms with Gasteiger partial charge in [0.1, 0.15) is 5.82 Å². The van der Waals surface area contributed by atoms with Crippen LogP contribution in [0.2, 0.25) is 0 Å². The minimum Gasteiger partial charge on any atom is -0.321 e. The van der Waals surface area contributed by atoms with Gasteiger partial charge in [0.25, 0.3) is 0 Å². The van der Waals surface area contributed by atoms with Gasteiger partial charge in [0.15, 0.2) is 0 Å². The summed E-state index contributed by atoms with van der Waals surface area (Å²) in [6.07, 6.45) is 2.13. The van der Waals surface area contributed by atoms with Crippen molar-refractivity contribution in [2.75, 3.05) is 0 Å². The van der Waals surface area contributed by atoms with E-state index in [9.17, 15) is 0 Å². The largest absolute Gasteiger partial charge is 0.321 e. The van der Waals surface area contributed by atoms with Crippen LogP contribution < -0.4 is 0 Å². The van der Waals surface area contributed by atoms with Gasteiger partial charge in [-0.25, -0.2) is 4.98 Å². The van der Waals surface area contributed by atoms with E-state index in [1.807, 2.05) is 6.07 Å². The summed E-state index contributed by atoms with van der Waals surface area (Å²) in [5.74, 6) is 1.40. The summed E-state index contributed by atoms with van der Waals surface area (Å²) in [4.78, 5) is 4.66. The third-order valence-corrected chi connectivity index (χ3v) is 4.60. The summed E-state index contributed by atoms with van der Waals surface area (Å²) in [6, 6.07) is 6.23. The number of aromatic nitrogens is 2. The van der Waals surface area contributed by atoms with Gasteiger partial charge in [-0.2, -0.15) is 0 Å². The Morgan fingerprint density at radius 1 is 1.33 bits per heavy atom. The number of fused-ring (bicyclic) bond motifs is 1. The summed E-state index contributed by atoms with van der Waals surface area (Å²) in [5, 5.41) is 0. The van der Waals surface area contributed by atoms with Gasteiger partial charge in [-0.3, -0.25) is 0 Å². The average Bonchev–Trinajstić information content (AvgIpc) is 2.75. The van der Waals surface area contributed by atoms with Crippen molar-refractivity contribution in [1.29, 1.82) is 0 Å². The van der Waals surface area contributed by atoms with Crippen LogP contribution in [-0.2, 0) is 11.4 Å². The number of hydrogen-bond acceptors (Lipinski definition) is 1. The Morgan fingerprint density at radius 3 is 2.56 bits per heavy atom. The van der Waals surface area contributed by atoms with Gasteiger partial charge in [-0.1, -0.05) is 29.8 Å². The molecule has 1 aromatic heterocycles. The zero-order valence-corrected chi connectivity index (χ0v) is 13.3. The van der Waals surface area contributed by atoms with Crippen molar-refractivity contribution in [1.82, 2.24) is 9.55 Å². The quantitative estimate of drug-likeness (QED) is 0.716. The highest BCUT2D eigenvalue weighted by Crippen LogP contribution is 2.32. The van der Waals surface area contributed by atoms with E-state index >= 15 is 0 Å². The fourth-order valence-corrected chi connectivity index (χ4v) is 2.89. The van der Waals surface area contributed by atoms with Crippen LogP contribution in [0.25, 0.3) is 11.0 Å². The number of alkyl halides is 1. The highest BCUT2D eigenvalue weighted by Gasteiger charge is 2.27. The van der Waals surface area contributed by atoms with Crippen LogP contribution in [-0.4, -0.2) is 9.55 Å². The molecule has 0 amide bonds. The minimum absolute atomic E-state index is 0.0762. The third kappa shape index (κ3) is 2.19. The first-order valence-corrected chi connectivity index (χ1v) is 7.61. The van der Waals surface area contributed by atoms with E-state index in [0.29, 0.717) is 5.88 Å². The van der Waals surface area contributed by atoms with Crippen LogP contribution in [0.5, 0.6) is 0 Å². The minimum atomic E-state index is 0.0762. The normalized spacial score (nSPS) is 12.3. The maximum Gasteiger partial charge on any atom is 0.125 e. The summed E-state index contributed by atoms with van der Waals surface area (Å²) in [7, 11) is 0. The van der Waals surface area contributed by atoms with E-state index in [1.54, 1.807) is 0 Å². The molecule has 0 radical (unpaired) electrons.